The number of nitrogens with one attached hydrogen (secondary N) is 1. The first-order valence-corrected chi connectivity index (χ1v) is 7.21. The maximum absolute atomic E-state index is 11.9. The molecule has 0 aliphatic carbocycles. The zero-order chi connectivity index (χ0) is 13.7. The topological polar surface area (TPSA) is 55.1 Å². The minimum atomic E-state index is 0.0594. The van der Waals surface area contributed by atoms with Gasteiger partial charge in [-0.3, -0.25) is 4.79 Å². The molecule has 0 bridgehead atoms. The van der Waals surface area contributed by atoms with E-state index in [1.807, 2.05) is 48.7 Å². The Hall–Kier alpha value is -1.81. The molecule has 0 saturated carbocycles. The van der Waals surface area contributed by atoms with Crippen LogP contribution < -0.4 is 11.1 Å². The van der Waals surface area contributed by atoms with E-state index in [9.17, 15) is 4.79 Å². The summed E-state index contributed by atoms with van der Waals surface area (Å²) in [7, 11) is 0. The molecule has 19 heavy (non-hydrogen) atoms. The molecule has 100 valence electrons. The van der Waals surface area contributed by atoms with Crippen molar-refractivity contribution in [3.05, 3.63) is 52.2 Å². The van der Waals surface area contributed by atoms with Gasteiger partial charge in [0.1, 0.15) is 0 Å². The summed E-state index contributed by atoms with van der Waals surface area (Å²) in [5.74, 6) is 0.0594. The lowest BCUT2D eigenvalue weighted by atomic mass is 10.1. The number of nitrogen functional groups attached to an aromatic ring is 1. The van der Waals surface area contributed by atoms with Crippen LogP contribution in [0.25, 0.3) is 0 Å². The number of hydrogen-bond donors (Lipinski definition) is 2. The van der Waals surface area contributed by atoms with E-state index in [-0.39, 0.29) is 11.9 Å². The number of carbonyl (C=O) groups excluding carboxylic acids is 1. The third-order valence-corrected chi connectivity index (χ3v) is 4.08. The van der Waals surface area contributed by atoms with Crippen molar-refractivity contribution in [1.82, 2.24) is 5.32 Å². The molecular formula is C15H18N2OS. The van der Waals surface area contributed by atoms with Crippen molar-refractivity contribution in [2.45, 2.75) is 25.8 Å². The molecule has 2 rings (SSSR count). The van der Waals surface area contributed by atoms with Crippen LogP contribution >= 0.6 is 11.3 Å². The fourth-order valence-electron chi connectivity index (χ4n) is 1.93. The highest BCUT2D eigenvalue weighted by Crippen LogP contribution is 2.18. The zero-order valence-corrected chi connectivity index (χ0v) is 11.7. The van der Waals surface area contributed by atoms with E-state index in [0.29, 0.717) is 12.8 Å². The van der Waals surface area contributed by atoms with E-state index < -0.39 is 0 Å². The van der Waals surface area contributed by atoms with Crippen LogP contribution in [0.2, 0.25) is 0 Å². The monoisotopic (exact) mass is 274 g/mol. The Bertz CT molecular complexity index is 537. The third-order valence-electron chi connectivity index (χ3n) is 3.02. The first-order valence-electron chi connectivity index (χ1n) is 6.33. The number of carbonyl (C=O) groups is 1. The molecule has 0 spiro atoms. The van der Waals surface area contributed by atoms with Gasteiger partial charge in [-0.05, 0) is 36.4 Å². The summed E-state index contributed by atoms with van der Waals surface area (Å²) in [6.07, 6.45) is 1.14. The van der Waals surface area contributed by atoms with Crippen LogP contribution in [0.15, 0.2) is 41.8 Å². The van der Waals surface area contributed by atoms with Crippen molar-refractivity contribution < 1.29 is 4.79 Å². The van der Waals surface area contributed by atoms with E-state index in [2.05, 4.69) is 5.32 Å². The largest absolute Gasteiger partial charge is 0.399 e. The van der Waals surface area contributed by atoms with E-state index in [0.717, 1.165) is 11.3 Å². The molecule has 1 atom stereocenters. The van der Waals surface area contributed by atoms with Gasteiger partial charge in [-0.1, -0.05) is 24.3 Å². The fraction of sp³-hybridized carbons (Fsp3) is 0.267. The summed E-state index contributed by atoms with van der Waals surface area (Å²) in [5.41, 5.74) is 7.64. The highest BCUT2D eigenvalue weighted by molar-refractivity contribution is 7.10. The maximum atomic E-state index is 11.9. The average Bonchev–Trinajstić information content (AvgIpc) is 2.91. The lowest BCUT2D eigenvalue weighted by molar-refractivity contribution is -0.121. The summed E-state index contributed by atoms with van der Waals surface area (Å²) in [6, 6.07) is 11.8. The smallest absolute Gasteiger partial charge is 0.220 e. The van der Waals surface area contributed by atoms with Gasteiger partial charge >= 0.3 is 0 Å². The number of aryl methyl sites for hydroxylation is 1. The van der Waals surface area contributed by atoms with Gasteiger partial charge in [-0.15, -0.1) is 11.3 Å². The molecule has 0 aliphatic heterocycles. The molecular weight excluding hydrogens is 256 g/mol. The van der Waals surface area contributed by atoms with Gasteiger partial charge < -0.3 is 11.1 Å². The van der Waals surface area contributed by atoms with Gasteiger partial charge in [0.25, 0.3) is 0 Å². The first-order chi connectivity index (χ1) is 9.16. The van der Waals surface area contributed by atoms with Gasteiger partial charge in [0.15, 0.2) is 0 Å². The second-order valence-corrected chi connectivity index (χ2v) is 5.48. The lowest BCUT2D eigenvalue weighted by Crippen LogP contribution is -2.26. The summed E-state index contributed by atoms with van der Waals surface area (Å²) >= 11 is 1.66. The molecule has 0 unspecified atom stereocenters. The Morgan fingerprint density at radius 2 is 2.11 bits per heavy atom. The van der Waals surface area contributed by atoms with Gasteiger partial charge in [-0.25, -0.2) is 0 Å². The first kappa shape index (κ1) is 13.6. The van der Waals surface area contributed by atoms with Crippen LogP contribution in [0, 0.1) is 0 Å². The third kappa shape index (κ3) is 3.83. The minimum Gasteiger partial charge on any atom is -0.399 e. The second-order valence-electron chi connectivity index (χ2n) is 4.50. The maximum Gasteiger partial charge on any atom is 0.220 e. The highest BCUT2D eigenvalue weighted by Gasteiger charge is 2.10. The van der Waals surface area contributed by atoms with Crippen LogP contribution in [-0.4, -0.2) is 5.91 Å². The number of anilines is 1. The van der Waals surface area contributed by atoms with E-state index >= 15 is 0 Å². The molecule has 0 radical (unpaired) electrons. The predicted octanol–water partition coefficient (Wildman–Crippen LogP) is 3.14. The fourth-order valence-corrected chi connectivity index (χ4v) is 2.67. The molecule has 3 nitrogen and oxygen atoms in total. The van der Waals surface area contributed by atoms with Gasteiger partial charge in [-0.2, -0.15) is 0 Å². The molecule has 0 fully saturated rings. The van der Waals surface area contributed by atoms with Crippen molar-refractivity contribution in [3.63, 3.8) is 0 Å². The molecule has 2 aromatic rings. The molecule has 3 N–H and O–H groups in total. The number of amides is 1. The van der Waals surface area contributed by atoms with Crippen LogP contribution in [0.1, 0.15) is 29.8 Å². The predicted molar refractivity (Wildman–Crippen MR) is 80.1 cm³/mol. The van der Waals surface area contributed by atoms with E-state index in [4.69, 9.17) is 5.73 Å². The number of benzene rings is 1. The molecule has 4 heteroatoms. The highest BCUT2D eigenvalue weighted by atomic mass is 32.1. The standard InChI is InChI=1S/C15H18N2OS/c1-11(14-7-4-10-19-14)17-15(18)9-8-12-5-2-3-6-13(12)16/h2-7,10-11H,8-9,16H2,1H3,(H,17,18)/t11-/m0/s1. The number of hydrogen-bond acceptors (Lipinski definition) is 3. The molecule has 1 amide bonds. The molecule has 0 aliphatic rings. The molecule has 1 heterocycles. The van der Waals surface area contributed by atoms with Crippen molar-refractivity contribution >= 4 is 22.9 Å². The number of thiophene rings is 1. The summed E-state index contributed by atoms with van der Waals surface area (Å²) in [4.78, 5) is 13.1. The molecule has 0 saturated heterocycles. The van der Waals surface area contributed by atoms with Crippen molar-refractivity contribution in [1.29, 1.82) is 0 Å². The summed E-state index contributed by atoms with van der Waals surface area (Å²) < 4.78 is 0. The van der Waals surface area contributed by atoms with Crippen molar-refractivity contribution in [3.8, 4) is 0 Å². The van der Waals surface area contributed by atoms with Gasteiger partial charge in [0, 0.05) is 17.0 Å². The quantitative estimate of drug-likeness (QED) is 0.823. The van der Waals surface area contributed by atoms with E-state index in [1.165, 1.54) is 4.88 Å². The SMILES string of the molecule is C[C@H](NC(=O)CCc1ccccc1N)c1cccs1. The number of para-hydroxylation sites is 1. The Morgan fingerprint density at radius 3 is 2.79 bits per heavy atom. The Morgan fingerprint density at radius 1 is 1.32 bits per heavy atom. The van der Waals surface area contributed by atoms with Crippen LogP contribution in [0.5, 0.6) is 0 Å². The lowest BCUT2D eigenvalue weighted by Gasteiger charge is -2.12. The van der Waals surface area contributed by atoms with Crippen molar-refractivity contribution in [2.75, 3.05) is 5.73 Å². The number of nitrogens with two attached hydrogens (primary N) is 1. The Balaban J connectivity index is 1.84. The normalized spacial score (nSPS) is 12.1. The molecule has 1 aromatic carbocycles. The summed E-state index contributed by atoms with van der Waals surface area (Å²) in [6.45, 7) is 2.00. The van der Waals surface area contributed by atoms with Crippen LogP contribution in [0.3, 0.4) is 0 Å². The van der Waals surface area contributed by atoms with Crippen LogP contribution in [-0.2, 0) is 11.2 Å². The van der Waals surface area contributed by atoms with Crippen molar-refractivity contribution in [2.24, 2.45) is 0 Å². The average molecular weight is 274 g/mol. The zero-order valence-electron chi connectivity index (χ0n) is 10.9. The van der Waals surface area contributed by atoms with Gasteiger partial charge in [0.05, 0.1) is 6.04 Å². The summed E-state index contributed by atoms with van der Waals surface area (Å²) in [5, 5.41) is 5.02. The Kier molecular flexibility index (Phi) is 4.58. The Labute approximate surface area is 117 Å². The second kappa shape index (κ2) is 6.38. The van der Waals surface area contributed by atoms with Gasteiger partial charge in [0.2, 0.25) is 5.91 Å². The van der Waals surface area contributed by atoms with Crippen LogP contribution in [0.4, 0.5) is 5.69 Å². The number of rotatable bonds is 5. The molecule has 1 aromatic heterocycles. The van der Waals surface area contributed by atoms with E-state index in [1.54, 1.807) is 11.3 Å². The minimum absolute atomic E-state index is 0.0594.